The van der Waals surface area contributed by atoms with Crippen LogP contribution in [0.2, 0.25) is 0 Å². The molecule has 1 atom stereocenters. The Labute approximate surface area is 127 Å². The molecule has 0 unspecified atom stereocenters. The molecule has 0 radical (unpaired) electrons. The smallest absolute Gasteiger partial charge is 0.259 e. The van der Waals surface area contributed by atoms with Crippen LogP contribution < -0.4 is 10.7 Å². The molecule has 4 heteroatoms. The van der Waals surface area contributed by atoms with E-state index in [1.165, 1.54) is 18.4 Å². The Balaban J connectivity index is 1.80. The van der Waals surface area contributed by atoms with Crippen LogP contribution in [-0.2, 0) is 4.79 Å². The van der Waals surface area contributed by atoms with Gasteiger partial charge < -0.3 is 5.32 Å². The van der Waals surface area contributed by atoms with Crippen LogP contribution in [0, 0.1) is 19.8 Å². The van der Waals surface area contributed by atoms with Gasteiger partial charge in [0.2, 0.25) is 0 Å². The highest BCUT2D eigenvalue weighted by atomic mass is 16.2. The molecule has 21 heavy (non-hydrogen) atoms. The van der Waals surface area contributed by atoms with Crippen LogP contribution in [0.3, 0.4) is 0 Å². The van der Waals surface area contributed by atoms with Crippen molar-refractivity contribution in [1.82, 2.24) is 5.43 Å². The Bertz CT molecular complexity index is 537. The number of amides is 1. The fourth-order valence-corrected chi connectivity index (χ4v) is 2.73. The SMILES string of the molecule is Cc1ccc(NCC(=O)NN=C2CCC[C@@H](C)C2)c(C)c1. The number of rotatable bonds is 4. The fourth-order valence-electron chi connectivity index (χ4n) is 2.73. The van der Waals surface area contributed by atoms with E-state index in [4.69, 9.17) is 0 Å². The van der Waals surface area contributed by atoms with Crippen LogP contribution in [0.25, 0.3) is 0 Å². The topological polar surface area (TPSA) is 53.5 Å². The summed E-state index contributed by atoms with van der Waals surface area (Å²) in [5.41, 5.74) is 7.15. The predicted octanol–water partition coefficient (Wildman–Crippen LogP) is 3.40. The molecule has 0 saturated heterocycles. The lowest BCUT2D eigenvalue weighted by Crippen LogP contribution is -2.28. The lowest BCUT2D eigenvalue weighted by Gasteiger charge is -2.19. The molecule has 0 bridgehead atoms. The van der Waals surface area contributed by atoms with Gasteiger partial charge >= 0.3 is 0 Å². The summed E-state index contributed by atoms with van der Waals surface area (Å²) in [6.45, 7) is 6.58. The molecule has 0 aromatic heterocycles. The second kappa shape index (κ2) is 7.25. The average Bonchev–Trinajstić information content (AvgIpc) is 2.44. The molecule has 0 aliphatic heterocycles. The van der Waals surface area contributed by atoms with Gasteiger partial charge in [-0.05, 0) is 57.1 Å². The largest absolute Gasteiger partial charge is 0.376 e. The molecule has 1 aliphatic rings. The minimum absolute atomic E-state index is 0.0966. The van der Waals surface area contributed by atoms with Crippen LogP contribution >= 0.6 is 0 Å². The minimum Gasteiger partial charge on any atom is -0.376 e. The molecule has 1 fully saturated rings. The Morgan fingerprint density at radius 2 is 2.19 bits per heavy atom. The highest BCUT2D eigenvalue weighted by molar-refractivity contribution is 5.88. The van der Waals surface area contributed by atoms with Crippen LogP contribution in [0.5, 0.6) is 0 Å². The molecule has 1 aromatic carbocycles. The number of carbonyl (C=O) groups is 1. The van der Waals surface area contributed by atoms with E-state index in [-0.39, 0.29) is 12.5 Å². The summed E-state index contributed by atoms with van der Waals surface area (Å²) in [5, 5.41) is 7.41. The molecule has 0 heterocycles. The van der Waals surface area contributed by atoms with E-state index in [9.17, 15) is 4.79 Å². The van der Waals surface area contributed by atoms with Crippen LogP contribution in [0.1, 0.15) is 43.7 Å². The quantitative estimate of drug-likeness (QED) is 0.834. The summed E-state index contributed by atoms with van der Waals surface area (Å²) < 4.78 is 0. The van der Waals surface area contributed by atoms with Crippen molar-refractivity contribution in [3.63, 3.8) is 0 Å². The fraction of sp³-hybridized carbons (Fsp3) is 0.529. The monoisotopic (exact) mass is 287 g/mol. The maximum atomic E-state index is 11.8. The average molecular weight is 287 g/mol. The molecule has 0 spiro atoms. The van der Waals surface area contributed by atoms with Crippen molar-refractivity contribution >= 4 is 17.3 Å². The first-order chi connectivity index (χ1) is 10.0. The molecule has 2 rings (SSSR count). The first-order valence-corrected chi connectivity index (χ1v) is 7.70. The molecule has 1 aliphatic carbocycles. The highest BCUT2D eigenvalue weighted by Gasteiger charge is 2.14. The predicted molar refractivity (Wildman–Crippen MR) is 87.6 cm³/mol. The van der Waals surface area contributed by atoms with Gasteiger partial charge in [-0.15, -0.1) is 0 Å². The summed E-state index contributed by atoms with van der Waals surface area (Å²) in [5.74, 6) is 0.587. The second-order valence-electron chi connectivity index (χ2n) is 6.09. The summed E-state index contributed by atoms with van der Waals surface area (Å²) >= 11 is 0. The zero-order valence-electron chi connectivity index (χ0n) is 13.2. The molecular formula is C17H25N3O. The Hall–Kier alpha value is -1.84. The molecular weight excluding hydrogens is 262 g/mol. The van der Waals surface area contributed by atoms with E-state index in [1.54, 1.807) is 0 Å². The third-order valence-electron chi connectivity index (χ3n) is 3.91. The third kappa shape index (κ3) is 4.88. The number of nitrogens with zero attached hydrogens (tertiary/aromatic N) is 1. The highest BCUT2D eigenvalue weighted by Crippen LogP contribution is 2.21. The first kappa shape index (κ1) is 15.5. The summed E-state index contributed by atoms with van der Waals surface area (Å²) in [4.78, 5) is 11.8. The van der Waals surface area contributed by atoms with Gasteiger partial charge in [-0.25, -0.2) is 5.43 Å². The van der Waals surface area contributed by atoms with E-state index >= 15 is 0 Å². The Kier molecular flexibility index (Phi) is 5.37. The minimum atomic E-state index is -0.0966. The van der Waals surface area contributed by atoms with Crippen molar-refractivity contribution in [3.8, 4) is 0 Å². The number of carbonyl (C=O) groups excluding carboxylic acids is 1. The molecule has 1 amide bonds. The third-order valence-corrected chi connectivity index (χ3v) is 3.91. The van der Waals surface area contributed by atoms with Gasteiger partial charge in [0.25, 0.3) is 5.91 Å². The van der Waals surface area contributed by atoms with E-state index in [0.29, 0.717) is 5.92 Å². The number of nitrogens with one attached hydrogen (secondary N) is 2. The number of aryl methyl sites for hydroxylation is 2. The van der Waals surface area contributed by atoms with Crippen molar-refractivity contribution in [2.45, 2.75) is 46.5 Å². The Morgan fingerprint density at radius 1 is 1.38 bits per heavy atom. The van der Waals surface area contributed by atoms with Crippen molar-refractivity contribution in [3.05, 3.63) is 29.3 Å². The zero-order valence-corrected chi connectivity index (χ0v) is 13.2. The number of hydrogen-bond donors (Lipinski definition) is 2. The van der Waals surface area contributed by atoms with Gasteiger partial charge in [-0.2, -0.15) is 5.10 Å². The second-order valence-corrected chi connectivity index (χ2v) is 6.09. The lowest BCUT2D eigenvalue weighted by molar-refractivity contribution is -0.119. The normalized spacial score (nSPS) is 20.3. The van der Waals surface area contributed by atoms with Gasteiger partial charge in [0.05, 0.1) is 6.54 Å². The zero-order chi connectivity index (χ0) is 15.2. The lowest BCUT2D eigenvalue weighted by atomic mass is 9.89. The maximum absolute atomic E-state index is 11.8. The molecule has 114 valence electrons. The molecule has 2 N–H and O–H groups in total. The maximum Gasteiger partial charge on any atom is 0.259 e. The van der Waals surface area contributed by atoms with Gasteiger partial charge in [0, 0.05) is 11.4 Å². The van der Waals surface area contributed by atoms with Crippen LogP contribution in [-0.4, -0.2) is 18.2 Å². The Morgan fingerprint density at radius 3 is 2.90 bits per heavy atom. The van der Waals surface area contributed by atoms with E-state index in [2.05, 4.69) is 35.8 Å². The van der Waals surface area contributed by atoms with Crippen molar-refractivity contribution < 1.29 is 4.79 Å². The van der Waals surface area contributed by atoms with Crippen LogP contribution in [0.15, 0.2) is 23.3 Å². The molecule has 1 saturated carbocycles. The number of anilines is 1. The van der Waals surface area contributed by atoms with Gasteiger partial charge in [0.15, 0.2) is 0 Å². The molecule has 4 nitrogen and oxygen atoms in total. The summed E-state index contributed by atoms with van der Waals surface area (Å²) in [7, 11) is 0. The van der Waals surface area contributed by atoms with Crippen molar-refractivity contribution in [2.75, 3.05) is 11.9 Å². The standard InChI is InChI=1S/C17H25N3O/c1-12-5-4-6-15(10-12)19-20-17(21)11-18-16-8-7-13(2)9-14(16)3/h7-9,12,18H,4-6,10-11H2,1-3H3,(H,20,21)/t12-/m1/s1. The van der Waals surface area contributed by atoms with E-state index in [1.807, 2.05) is 19.1 Å². The first-order valence-electron chi connectivity index (χ1n) is 7.70. The van der Waals surface area contributed by atoms with Gasteiger partial charge in [-0.1, -0.05) is 24.6 Å². The summed E-state index contributed by atoms with van der Waals surface area (Å²) in [6.07, 6.45) is 4.46. The van der Waals surface area contributed by atoms with Crippen molar-refractivity contribution in [1.29, 1.82) is 0 Å². The number of hydrazone groups is 1. The van der Waals surface area contributed by atoms with Crippen molar-refractivity contribution in [2.24, 2.45) is 11.0 Å². The molecule has 1 aromatic rings. The van der Waals surface area contributed by atoms with Gasteiger partial charge in [0.1, 0.15) is 0 Å². The van der Waals surface area contributed by atoms with Gasteiger partial charge in [-0.3, -0.25) is 4.79 Å². The number of benzene rings is 1. The van der Waals surface area contributed by atoms with E-state index in [0.717, 1.165) is 29.8 Å². The summed E-state index contributed by atoms with van der Waals surface area (Å²) in [6, 6.07) is 6.15. The van der Waals surface area contributed by atoms with E-state index < -0.39 is 0 Å². The number of hydrogen-bond acceptors (Lipinski definition) is 3. The van der Waals surface area contributed by atoms with Crippen LogP contribution in [0.4, 0.5) is 5.69 Å².